The molecule has 0 aromatic carbocycles. The average Bonchev–Trinajstić information content (AvgIpc) is 2.79. The van der Waals surface area contributed by atoms with Gasteiger partial charge in [0.25, 0.3) is 0 Å². The van der Waals surface area contributed by atoms with Crippen molar-refractivity contribution in [3.63, 3.8) is 0 Å². The van der Waals surface area contributed by atoms with Gasteiger partial charge in [0.2, 0.25) is 11.8 Å². The average molecular weight is 483 g/mol. The molecule has 0 saturated carbocycles. The summed E-state index contributed by atoms with van der Waals surface area (Å²) in [5, 5.41) is 5.61. The second-order valence-corrected chi connectivity index (χ2v) is 11.5. The highest BCUT2D eigenvalue weighted by Gasteiger charge is 2.15. The first-order valence-electron chi connectivity index (χ1n) is 9.58. The SMILES string of the molecule is CC(SSc1cccnc1)C(=O)NCCCCNC(=O)C(C)SSc1cccnc1. The van der Waals surface area contributed by atoms with Gasteiger partial charge in [-0.2, -0.15) is 0 Å². The molecule has 0 fully saturated rings. The molecule has 10 heteroatoms. The first-order chi connectivity index (χ1) is 14.6. The maximum absolute atomic E-state index is 12.1. The van der Waals surface area contributed by atoms with Gasteiger partial charge in [0.15, 0.2) is 0 Å². The fourth-order valence-electron chi connectivity index (χ4n) is 2.10. The Morgan fingerprint density at radius 3 is 1.63 bits per heavy atom. The summed E-state index contributed by atoms with van der Waals surface area (Å²) in [4.78, 5) is 34.5. The number of amides is 2. The van der Waals surface area contributed by atoms with Crippen LogP contribution in [0.3, 0.4) is 0 Å². The number of rotatable bonds is 13. The smallest absolute Gasteiger partial charge is 0.233 e. The molecule has 2 aromatic heterocycles. The van der Waals surface area contributed by atoms with E-state index < -0.39 is 0 Å². The van der Waals surface area contributed by atoms with Gasteiger partial charge in [-0.05, 0) is 51.0 Å². The molecule has 2 aromatic rings. The molecule has 6 nitrogen and oxygen atoms in total. The van der Waals surface area contributed by atoms with E-state index in [0.717, 1.165) is 22.6 Å². The van der Waals surface area contributed by atoms with Gasteiger partial charge in [0.1, 0.15) is 0 Å². The van der Waals surface area contributed by atoms with Gasteiger partial charge in [-0.1, -0.05) is 43.2 Å². The third-order valence-electron chi connectivity index (χ3n) is 3.79. The predicted molar refractivity (Wildman–Crippen MR) is 130 cm³/mol. The van der Waals surface area contributed by atoms with Gasteiger partial charge in [0, 0.05) is 47.7 Å². The summed E-state index contributed by atoms with van der Waals surface area (Å²) >= 11 is 0. The van der Waals surface area contributed by atoms with Crippen LogP contribution in [-0.4, -0.2) is 45.4 Å². The molecule has 162 valence electrons. The molecule has 0 aliphatic heterocycles. The maximum atomic E-state index is 12.1. The number of hydrogen-bond donors (Lipinski definition) is 2. The summed E-state index contributed by atoms with van der Waals surface area (Å²) < 4.78 is 0. The van der Waals surface area contributed by atoms with Crippen molar-refractivity contribution in [3.05, 3.63) is 49.1 Å². The highest BCUT2D eigenvalue weighted by molar-refractivity contribution is 8.77. The topological polar surface area (TPSA) is 84.0 Å². The number of nitrogens with one attached hydrogen (secondary N) is 2. The first kappa shape index (κ1) is 24.9. The van der Waals surface area contributed by atoms with E-state index in [-0.39, 0.29) is 22.3 Å². The van der Waals surface area contributed by atoms with Crippen LogP contribution < -0.4 is 10.6 Å². The molecule has 2 unspecified atom stereocenters. The molecule has 30 heavy (non-hydrogen) atoms. The van der Waals surface area contributed by atoms with Crippen LogP contribution in [0.25, 0.3) is 0 Å². The highest BCUT2D eigenvalue weighted by Crippen LogP contribution is 2.34. The van der Waals surface area contributed by atoms with Crippen molar-refractivity contribution in [2.75, 3.05) is 13.1 Å². The fraction of sp³-hybridized carbons (Fsp3) is 0.400. The third-order valence-corrected chi connectivity index (χ3v) is 9.32. The van der Waals surface area contributed by atoms with E-state index in [4.69, 9.17) is 0 Å². The van der Waals surface area contributed by atoms with Crippen molar-refractivity contribution in [1.82, 2.24) is 20.6 Å². The zero-order chi connectivity index (χ0) is 21.6. The molecule has 0 saturated heterocycles. The van der Waals surface area contributed by atoms with Crippen molar-refractivity contribution < 1.29 is 9.59 Å². The van der Waals surface area contributed by atoms with Gasteiger partial charge in [-0.3, -0.25) is 19.6 Å². The standard InChI is InChI=1S/C20H26N4O2S4/c1-15(27-29-17-7-5-9-21-13-17)19(25)23-11-3-4-12-24-20(26)16(2)28-30-18-8-6-10-22-14-18/h5-10,13-16H,3-4,11-12H2,1-2H3,(H,23,25)(H,24,26). The molecule has 0 aliphatic rings. The van der Waals surface area contributed by atoms with Crippen LogP contribution in [0.2, 0.25) is 0 Å². The molecule has 0 spiro atoms. The summed E-state index contributed by atoms with van der Waals surface area (Å²) in [6.45, 7) is 5.01. The van der Waals surface area contributed by atoms with Crippen LogP contribution in [0.15, 0.2) is 58.8 Å². The predicted octanol–water partition coefficient (Wildman–Crippen LogP) is 4.45. The Kier molecular flexibility index (Phi) is 12.1. The van der Waals surface area contributed by atoms with E-state index in [2.05, 4.69) is 20.6 Å². The molecule has 2 atom stereocenters. The Hall–Kier alpha value is -1.36. The second kappa shape index (κ2) is 14.6. The number of nitrogens with zero attached hydrogens (tertiary/aromatic N) is 2. The normalized spacial score (nSPS) is 12.7. The van der Waals surface area contributed by atoms with Crippen molar-refractivity contribution >= 4 is 55.0 Å². The number of pyridine rings is 2. The number of carbonyl (C=O) groups is 2. The molecular formula is C20H26N4O2S4. The van der Waals surface area contributed by atoms with Gasteiger partial charge in [-0.25, -0.2) is 0 Å². The Morgan fingerprint density at radius 1 is 0.833 bits per heavy atom. The van der Waals surface area contributed by atoms with E-state index in [1.807, 2.05) is 38.1 Å². The van der Waals surface area contributed by atoms with Crippen molar-refractivity contribution in [2.24, 2.45) is 0 Å². The largest absolute Gasteiger partial charge is 0.355 e. The third kappa shape index (κ3) is 10.1. The number of unbranched alkanes of at least 4 members (excludes halogenated alkanes) is 1. The van der Waals surface area contributed by atoms with Gasteiger partial charge in [0.05, 0.1) is 10.5 Å². The summed E-state index contributed by atoms with van der Waals surface area (Å²) in [6.07, 6.45) is 8.68. The van der Waals surface area contributed by atoms with Crippen molar-refractivity contribution in [2.45, 2.75) is 47.0 Å². The lowest BCUT2D eigenvalue weighted by Gasteiger charge is -2.12. The minimum absolute atomic E-state index is 0.0258. The van der Waals surface area contributed by atoms with Gasteiger partial charge < -0.3 is 10.6 Å². The summed E-state index contributed by atoms with van der Waals surface area (Å²) in [5.41, 5.74) is 0. The van der Waals surface area contributed by atoms with Crippen LogP contribution in [0.4, 0.5) is 0 Å². The number of carbonyl (C=O) groups excluding carboxylic acids is 2. The monoisotopic (exact) mass is 482 g/mol. The Labute approximate surface area is 193 Å². The van der Waals surface area contributed by atoms with Crippen LogP contribution in [-0.2, 0) is 9.59 Å². The second-order valence-electron chi connectivity index (χ2n) is 6.31. The fourth-order valence-corrected chi connectivity index (χ4v) is 6.07. The maximum Gasteiger partial charge on any atom is 0.233 e. The Morgan fingerprint density at radius 2 is 1.27 bits per heavy atom. The Bertz CT molecular complexity index is 702. The zero-order valence-electron chi connectivity index (χ0n) is 16.9. The molecule has 2 rings (SSSR count). The zero-order valence-corrected chi connectivity index (χ0v) is 20.2. The molecule has 0 bridgehead atoms. The van der Waals surface area contributed by atoms with E-state index in [9.17, 15) is 9.59 Å². The Balaban J connectivity index is 1.50. The lowest BCUT2D eigenvalue weighted by Crippen LogP contribution is -2.33. The van der Waals surface area contributed by atoms with Gasteiger partial charge in [-0.15, -0.1) is 0 Å². The lowest BCUT2D eigenvalue weighted by molar-refractivity contribution is -0.121. The summed E-state index contributed by atoms with van der Waals surface area (Å²) in [6, 6.07) is 7.71. The van der Waals surface area contributed by atoms with Crippen LogP contribution in [0.5, 0.6) is 0 Å². The minimum atomic E-state index is -0.148. The van der Waals surface area contributed by atoms with Crippen molar-refractivity contribution in [1.29, 1.82) is 0 Å². The van der Waals surface area contributed by atoms with E-state index in [1.165, 1.54) is 21.6 Å². The van der Waals surface area contributed by atoms with E-state index in [0.29, 0.717) is 13.1 Å². The molecule has 0 radical (unpaired) electrons. The van der Waals surface area contributed by atoms with E-state index in [1.54, 1.807) is 46.4 Å². The summed E-state index contributed by atoms with van der Waals surface area (Å²) in [7, 11) is 6.13. The van der Waals surface area contributed by atoms with Gasteiger partial charge >= 0.3 is 0 Å². The number of hydrogen-bond acceptors (Lipinski definition) is 8. The highest BCUT2D eigenvalue weighted by atomic mass is 33.1. The molecule has 2 N–H and O–H groups in total. The summed E-state index contributed by atoms with van der Waals surface area (Å²) in [5.74, 6) is 0.0516. The molecule has 2 amide bonds. The van der Waals surface area contributed by atoms with Crippen LogP contribution in [0, 0.1) is 0 Å². The van der Waals surface area contributed by atoms with E-state index >= 15 is 0 Å². The van der Waals surface area contributed by atoms with Crippen molar-refractivity contribution in [3.8, 4) is 0 Å². The van der Waals surface area contributed by atoms with Crippen LogP contribution >= 0.6 is 43.2 Å². The molecule has 0 aliphatic carbocycles. The molecule has 2 heterocycles. The lowest BCUT2D eigenvalue weighted by atomic mass is 10.3. The minimum Gasteiger partial charge on any atom is -0.355 e. The quantitative estimate of drug-likeness (QED) is 0.320. The van der Waals surface area contributed by atoms with Crippen LogP contribution in [0.1, 0.15) is 26.7 Å². The number of aromatic nitrogens is 2. The first-order valence-corrected chi connectivity index (χ1v) is 14.0. The molecular weight excluding hydrogens is 457 g/mol.